The number of rotatable bonds is 7. The Kier molecular flexibility index (Phi) is 6.56. The Morgan fingerprint density at radius 2 is 2.24 bits per heavy atom. The highest BCUT2D eigenvalue weighted by molar-refractivity contribution is 5.79. The average Bonchev–Trinajstić information content (AvgIpc) is 2.34. The van der Waals surface area contributed by atoms with E-state index in [0.29, 0.717) is 5.92 Å². The molecular formula is C14H28N2O. The van der Waals surface area contributed by atoms with Crippen molar-refractivity contribution in [1.82, 2.24) is 5.32 Å². The van der Waals surface area contributed by atoms with Crippen LogP contribution in [0, 0.1) is 11.8 Å². The van der Waals surface area contributed by atoms with Crippen molar-refractivity contribution in [2.75, 3.05) is 6.54 Å². The van der Waals surface area contributed by atoms with Gasteiger partial charge in [-0.05, 0) is 37.6 Å². The second-order valence-corrected chi connectivity index (χ2v) is 5.45. The summed E-state index contributed by atoms with van der Waals surface area (Å²) in [6.07, 6.45) is 8.66. The fourth-order valence-corrected chi connectivity index (χ4v) is 2.88. The molecule has 0 aromatic rings. The summed E-state index contributed by atoms with van der Waals surface area (Å²) in [5.41, 5.74) is 5.37. The summed E-state index contributed by atoms with van der Waals surface area (Å²) in [7, 11) is 0. The highest BCUT2D eigenvalue weighted by Crippen LogP contribution is 2.28. The van der Waals surface area contributed by atoms with Crippen LogP contribution in [0.5, 0.6) is 0 Å². The molecule has 0 saturated carbocycles. The number of hydrogen-bond donors (Lipinski definition) is 2. The lowest BCUT2D eigenvalue weighted by molar-refractivity contribution is -0.120. The Morgan fingerprint density at radius 3 is 2.82 bits per heavy atom. The number of amides is 1. The molecule has 0 bridgehead atoms. The van der Waals surface area contributed by atoms with Crippen LogP contribution in [-0.4, -0.2) is 18.5 Å². The normalized spacial score (nSPS) is 26.7. The molecule has 0 aromatic carbocycles. The zero-order valence-corrected chi connectivity index (χ0v) is 11.4. The number of primary amides is 1. The monoisotopic (exact) mass is 240 g/mol. The number of carbonyl (C=O) groups excluding carboxylic acids is 1. The predicted octanol–water partition coefficient (Wildman–Crippen LogP) is 2.45. The van der Waals surface area contributed by atoms with Gasteiger partial charge in [-0.2, -0.15) is 0 Å². The maximum atomic E-state index is 11.2. The molecule has 17 heavy (non-hydrogen) atoms. The fourth-order valence-electron chi connectivity index (χ4n) is 2.88. The predicted molar refractivity (Wildman–Crippen MR) is 71.6 cm³/mol. The molecule has 1 amide bonds. The number of piperidine rings is 1. The molecule has 3 unspecified atom stereocenters. The SMILES string of the molecule is CCCCC(CC)CC1CCNC(C(N)=O)C1. The van der Waals surface area contributed by atoms with Gasteiger partial charge in [0.15, 0.2) is 0 Å². The number of nitrogens with two attached hydrogens (primary N) is 1. The molecule has 1 fully saturated rings. The zero-order chi connectivity index (χ0) is 12.7. The second-order valence-electron chi connectivity index (χ2n) is 5.45. The summed E-state index contributed by atoms with van der Waals surface area (Å²) < 4.78 is 0. The van der Waals surface area contributed by atoms with Crippen LogP contribution in [0.3, 0.4) is 0 Å². The van der Waals surface area contributed by atoms with Gasteiger partial charge in [0, 0.05) is 0 Å². The second kappa shape index (κ2) is 7.70. The van der Waals surface area contributed by atoms with E-state index in [1.165, 1.54) is 38.5 Å². The first-order valence-corrected chi connectivity index (χ1v) is 7.20. The molecule has 1 aliphatic heterocycles. The molecule has 100 valence electrons. The lowest BCUT2D eigenvalue weighted by Crippen LogP contribution is -2.46. The van der Waals surface area contributed by atoms with E-state index < -0.39 is 0 Å². The van der Waals surface area contributed by atoms with E-state index >= 15 is 0 Å². The number of hydrogen-bond acceptors (Lipinski definition) is 2. The molecule has 0 spiro atoms. The van der Waals surface area contributed by atoms with Gasteiger partial charge in [-0.15, -0.1) is 0 Å². The molecule has 3 atom stereocenters. The summed E-state index contributed by atoms with van der Waals surface area (Å²) >= 11 is 0. The van der Waals surface area contributed by atoms with E-state index in [9.17, 15) is 4.79 Å². The van der Waals surface area contributed by atoms with E-state index in [0.717, 1.165) is 18.9 Å². The van der Waals surface area contributed by atoms with Crippen molar-refractivity contribution in [2.24, 2.45) is 17.6 Å². The maximum Gasteiger partial charge on any atom is 0.234 e. The van der Waals surface area contributed by atoms with Crippen LogP contribution in [0.1, 0.15) is 58.8 Å². The third kappa shape index (κ3) is 5.07. The molecule has 3 nitrogen and oxygen atoms in total. The van der Waals surface area contributed by atoms with Crippen molar-refractivity contribution in [3.63, 3.8) is 0 Å². The van der Waals surface area contributed by atoms with Gasteiger partial charge in [0.25, 0.3) is 0 Å². The third-order valence-electron chi connectivity index (χ3n) is 4.07. The van der Waals surface area contributed by atoms with Gasteiger partial charge < -0.3 is 11.1 Å². The summed E-state index contributed by atoms with van der Waals surface area (Å²) in [6.45, 7) is 5.48. The standard InChI is InChI=1S/C14H28N2O/c1-3-5-6-11(4-2)9-12-7-8-16-13(10-12)14(15)17/h11-13,16H,3-10H2,1-2H3,(H2,15,17). The molecular weight excluding hydrogens is 212 g/mol. The number of carbonyl (C=O) groups is 1. The maximum absolute atomic E-state index is 11.2. The van der Waals surface area contributed by atoms with Crippen molar-refractivity contribution < 1.29 is 4.79 Å². The number of nitrogens with one attached hydrogen (secondary N) is 1. The molecule has 0 radical (unpaired) electrons. The molecule has 0 aromatic heterocycles. The van der Waals surface area contributed by atoms with Gasteiger partial charge in [-0.3, -0.25) is 4.79 Å². The van der Waals surface area contributed by atoms with Gasteiger partial charge in [0.1, 0.15) is 0 Å². The largest absolute Gasteiger partial charge is 0.368 e. The first-order chi connectivity index (χ1) is 8.17. The summed E-state index contributed by atoms with van der Waals surface area (Å²) in [4.78, 5) is 11.2. The van der Waals surface area contributed by atoms with Crippen molar-refractivity contribution in [3.8, 4) is 0 Å². The van der Waals surface area contributed by atoms with Gasteiger partial charge in [-0.25, -0.2) is 0 Å². The summed E-state index contributed by atoms with van der Waals surface area (Å²) in [5, 5.41) is 3.21. The Morgan fingerprint density at radius 1 is 1.47 bits per heavy atom. The lowest BCUT2D eigenvalue weighted by atomic mass is 9.82. The van der Waals surface area contributed by atoms with Gasteiger partial charge in [0.05, 0.1) is 6.04 Å². The Labute approximate surface area is 106 Å². The Balaban J connectivity index is 2.35. The van der Waals surface area contributed by atoms with E-state index in [4.69, 9.17) is 5.73 Å². The van der Waals surface area contributed by atoms with Gasteiger partial charge in [0.2, 0.25) is 5.91 Å². The highest BCUT2D eigenvalue weighted by Gasteiger charge is 2.26. The van der Waals surface area contributed by atoms with Crippen LogP contribution in [0.15, 0.2) is 0 Å². The van der Waals surface area contributed by atoms with Crippen molar-refractivity contribution in [3.05, 3.63) is 0 Å². The zero-order valence-electron chi connectivity index (χ0n) is 11.4. The van der Waals surface area contributed by atoms with E-state index in [1.54, 1.807) is 0 Å². The molecule has 3 heteroatoms. The van der Waals surface area contributed by atoms with Crippen molar-refractivity contribution >= 4 is 5.91 Å². The smallest absolute Gasteiger partial charge is 0.234 e. The first-order valence-electron chi connectivity index (χ1n) is 7.20. The highest BCUT2D eigenvalue weighted by atomic mass is 16.1. The Hall–Kier alpha value is -0.570. The minimum Gasteiger partial charge on any atom is -0.368 e. The molecule has 0 aliphatic carbocycles. The molecule has 1 rings (SSSR count). The molecule has 1 heterocycles. The van der Waals surface area contributed by atoms with Crippen molar-refractivity contribution in [1.29, 1.82) is 0 Å². The minimum absolute atomic E-state index is 0.0857. The number of unbranched alkanes of at least 4 members (excludes halogenated alkanes) is 1. The molecule has 3 N–H and O–H groups in total. The van der Waals surface area contributed by atoms with E-state index in [1.807, 2.05) is 0 Å². The van der Waals surface area contributed by atoms with Crippen LogP contribution in [-0.2, 0) is 4.79 Å². The summed E-state index contributed by atoms with van der Waals surface area (Å²) in [6, 6.07) is -0.0857. The van der Waals surface area contributed by atoms with E-state index in [-0.39, 0.29) is 11.9 Å². The fraction of sp³-hybridized carbons (Fsp3) is 0.929. The van der Waals surface area contributed by atoms with Crippen LogP contribution in [0.2, 0.25) is 0 Å². The van der Waals surface area contributed by atoms with Crippen LogP contribution < -0.4 is 11.1 Å². The minimum atomic E-state index is -0.184. The van der Waals surface area contributed by atoms with Crippen LogP contribution in [0.4, 0.5) is 0 Å². The summed E-state index contributed by atoms with van der Waals surface area (Å²) in [5.74, 6) is 1.35. The molecule has 1 saturated heterocycles. The van der Waals surface area contributed by atoms with E-state index in [2.05, 4.69) is 19.2 Å². The van der Waals surface area contributed by atoms with Gasteiger partial charge in [-0.1, -0.05) is 39.5 Å². The average molecular weight is 240 g/mol. The first kappa shape index (κ1) is 14.5. The topological polar surface area (TPSA) is 55.1 Å². The van der Waals surface area contributed by atoms with Crippen LogP contribution >= 0.6 is 0 Å². The van der Waals surface area contributed by atoms with Gasteiger partial charge >= 0.3 is 0 Å². The van der Waals surface area contributed by atoms with Crippen LogP contribution in [0.25, 0.3) is 0 Å². The molecule has 1 aliphatic rings. The Bertz CT molecular complexity index is 230. The quantitative estimate of drug-likeness (QED) is 0.718. The van der Waals surface area contributed by atoms with Crippen molar-refractivity contribution in [2.45, 2.75) is 64.8 Å². The lowest BCUT2D eigenvalue weighted by Gasteiger charge is -2.30. The third-order valence-corrected chi connectivity index (χ3v) is 4.07.